The van der Waals surface area contributed by atoms with E-state index in [4.69, 9.17) is 4.74 Å². The summed E-state index contributed by atoms with van der Waals surface area (Å²) in [6.07, 6.45) is 9.77. The molecule has 0 aromatic heterocycles. The molecule has 1 aliphatic carbocycles. The molecule has 0 aromatic carbocycles. The van der Waals surface area contributed by atoms with Crippen LogP contribution in [0.3, 0.4) is 0 Å². The van der Waals surface area contributed by atoms with Gasteiger partial charge in [0.25, 0.3) is 0 Å². The Balaban J connectivity index is 1.49. The Morgan fingerprint density at radius 1 is 1.17 bits per heavy atom. The second kappa shape index (κ2) is 6.98. The Morgan fingerprint density at radius 3 is 2.61 bits per heavy atom. The van der Waals surface area contributed by atoms with Gasteiger partial charge in [-0.2, -0.15) is 0 Å². The standard InChI is InChI=1S/C17H32N2O3S/c1-14(2)18-23(20,21)16-7-11-19(13-16)12-15-6-10-17(22-15)8-4-3-5-9-17/h14-16,18H,3-13H2,1-2H3/t15-,16-/m1/s1. The van der Waals surface area contributed by atoms with E-state index in [1.807, 2.05) is 13.8 Å². The largest absolute Gasteiger partial charge is 0.370 e. The maximum atomic E-state index is 12.3. The van der Waals surface area contributed by atoms with Gasteiger partial charge in [-0.25, -0.2) is 13.1 Å². The number of nitrogens with zero attached hydrogens (tertiary/aromatic N) is 1. The summed E-state index contributed by atoms with van der Waals surface area (Å²) in [5.41, 5.74) is 0.160. The van der Waals surface area contributed by atoms with Crippen LogP contribution in [0, 0.1) is 0 Å². The minimum Gasteiger partial charge on any atom is -0.370 e. The molecule has 5 nitrogen and oxygen atoms in total. The van der Waals surface area contributed by atoms with Crippen LogP contribution < -0.4 is 4.72 Å². The molecule has 3 fully saturated rings. The first-order valence-electron chi connectivity index (χ1n) is 9.30. The van der Waals surface area contributed by atoms with Gasteiger partial charge in [0, 0.05) is 19.1 Å². The molecule has 2 atom stereocenters. The van der Waals surface area contributed by atoms with E-state index < -0.39 is 10.0 Å². The van der Waals surface area contributed by atoms with Gasteiger partial charge in [0.05, 0.1) is 17.0 Å². The first-order chi connectivity index (χ1) is 10.9. The van der Waals surface area contributed by atoms with Crippen molar-refractivity contribution in [1.29, 1.82) is 0 Å². The van der Waals surface area contributed by atoms with E-state index in [9.17, 15) is 8.42 Å². The molecule has 3 aliphatic rings. The number of nitrogens with one attached hydrogen (secondary N) is 1. The van der Waals surface area contributed by atoms with E-state index >= 15 is 0 Å². The minimum absolute atomic E-state index is 0.0293. The summed E-state index contributed by atoms with van der Waals surface area (Å²) in [6.45, 7) is 6.17. The Kier molecular flexibility index (Phi) is 5.36. The molecule has 0 aromatic rings. The fraction of sp³-hybridized carbons (Fsp3) is 1.00. The molecule has 23 heavy (non-hydrogen) atoms. The third-order valence-corrected chi connectivity index (χ3v) is 7.70. The summed E-state index contributed by atoms with van der Waals surface area (Å²) in [6, 6.07) is -0.0293. The molecule has 1 N–H and O–H groups in total. The van der Waals surface area contributed by atoms with Crippen molar-refractivity contribution in [2.45, 2.75) is 88.2 Å². The van der Waals surface area contributed by atoms with Gasteiger partial charge in [0.1, 0.15) is 0 Å². The van der Waals surface area contributed by atoms with Gasteiger partial charge >= 0.3 is 0 Å². The monoisotopic (exact) mass is 344 g/mol. The van der Waals surface area contributed by atoms with E-state index in [1.54, 1.807) is 0 Å². The molecular weight excluding hydrogens is 312 g/mol. The molecule has 134 valence electrons. The molecule has 0 unspecified atom stereocenters. The Labute approximate surface area is 141 Å². The summed E-state index contributed by atoms with van der Waals surface area (Å²) >= 11 is 0. The minimum atomic E-state index is -3.19. The predicted molar refractivity (Wildman–Crippen MR) is 92.0 cm³/mol. The van der Waals surface area contributed by atoms with E-state index in [1.165, 1.54) is 38.5 Å². The molecule has 2 aliphatic heterocycles. The Hall–Kier alpha value is -0.170. The van der Waals surface area contributed by atoms with Crippen LogP contribution in [0.2, 0.25) is 0 Å². The highest BCUT2D eigenvalue weighted by Gasteiger charge is 2.42. The summed E-state index contributed by atoms with van der Waals surface area (Å²) in [7, 11) is -3.19. The van der Waals surface area contributed by atoms with Crippen LogP contribution >= 0.6 is 0 Å². The third-order valence-electron chi connectivity index (χ3n) is 5.63. The molecule has 3 rings (SSSR count). The normalized spacial score (nSPS) is 32.1. The second-order valence-corrected chi connectivity index (χ2v) is 10.0. The molecular formula is C17H32N2O3S. The molecule has 0 radical (unpaired) electrons. The Bertz CT molecular complexity index is 500. The van der Waals surface area contributed by atoms with E-state index in [-0.39, 0.29) is 16.9 Å². The van der Waals surface area contributed by atoms with E-state index in [0.29, 0.717) is 12.6 Å². The number of hydrogen-bond acceptors (Lipinski definition) is 4. The predicted octanol–water partition coefficient (Wildman–Crippen LogP) is 2.27. The fourth-order valence-corrected chi connectivity index (χ4v) is 6.19. The van der Waals surface area contributed by atoms with Crippen molar-refractivity contribution >= 4 is 10.0 Å². The van der Waals surface area contributed by atoms with Crippen LogP contribution in [0.4, 0.5) is 0 Å². The summed E-state index contributed by atoms with van der Waals surface area (Å²) in [5.74, 6) is 0. The lowest BCUT2D eigenvalue weighted by Crippen LogP contribution is -2.41. The van der Waals surface area contributed by atoms with E-state index in [0.717, 1.165) is 25.9 Å². The lowest BCUT2D eigenvalue weighted by molar-refractivity contribution is -0.0703. The highest BCUT2D eigenvalue weighted by Crippen LogP contribution is 2.42. The second-order valence-electron chi connectivity index (χ2n) is 8.01. The average Bonchev–Trinajstić information content (AvgIpc) is 3.07. The van der Waals surface area contributed by atoms with E-state index in [2.05, 4.69) is 9.62 Å². The maximum Gasteiger partial charge on any atom is 0.216 e. The van der Waals surface area contributed by atoms with Gasteiger partial charge in [-0.15, -0.1) is 0 Å². The quantitative estimate of drug-likeness (QED) is 0.831. The maximum absolute atomic E-state index is 12.3. The van der Waals surface area contributed by atoms with Crippen LogP contribution in [0.1, 0.15) is 65.2 Å². The number of hydrogen-bond donors (Lipinski definition) is 1. The molecule has 1 saturated carbocycles. The van der Waals surface area contributed by atoms with Crippen molar-refractivity contribution in [3.8, 4) is 0 Å². The van der Waals surface area contributed by atoms with Gasteiger partial charge in [0.15, 0.2) is 0 Å². The molecule has 2 saturated heterocycles. The smallest absolute Gasteiger partial charge is 0.216 e. The molecule has 6 heteroatoms. The SMILES string of the molecule is CC(C)NS(=O)(=O)[C@@H]1CCN(C[C@H]2CCC3(CCCCC3)O2)C1. The summed E-state index contributed by atoms with van der Waals surface area (Å²) in [4.78, 5) is 2.29. The molecule has 1 spiro atoms. The van der Waals surface area contributed by atoms with Crippen molar-refractivity contribution in [3.05, 3.63) is 0 Å². The van der Waals surface area contributed by atoms with Gasteiger partial charge < -0.3 is 4.74 Å². The number of likely N-dealkylation sites (tertiary alicyclic amines) is 1. The number of rotatable bonds is 5. The number of sulfonamides is 1. The van der Waals surface area contributed by atoms with Crippen molar-refractivity contribution in [2.75, 3.05) is 19.6 Å². The van der Waals surface area contributed by atoms with Crippen molar-refractivity contribution < 1.29 is 13.2 Å². The first-order valence-corrected chi connectivity index (χ1v) is 10.8. The van der Waals surface area contributed by atoms with Crippen LogP contribution in [-0.2, 0) is 14.8 Å². The topological polar surface area (TPSA) is 58.6 Å². The van der Waals surface area contributed by atoms with Crippen molar-refractivity contribution in [2.24, 2.45) is 0 Å². The van der Waals surface area contributed by atoms with Gasteiger partial charge in [-0.05, 0) is 52.5 Å². The highest BCUT2D eigenvalue weighted by atomic mass is 32.2. The third kappa shape index (κ3) is 4.27. The van der Waals surface area contributed by atoms with Gasteiger partial charge in [-0.3, -0.25) is 4.90 Å². The Morgan fingerprint density at radius 2 is 1.91 bits per heavy atom. The van der Waals surface area contributed by atoms with Crippen LogP contribution in [0.5, 0.6) is 0 Å². The van der Waals surface area contributed by atoms with Crippen LogP contribution in [0.25, 0.3) is 0 Å². The lowest BCUT2D eigenvalue weighted by atomic mass is 9.83. The summed E-state index contributed by atoms with van der Waals surface area (Å²) in [5, 5.41) is -0.269. The molecule has 0 bridgehead atoms. The van der Waals surface area contributed by atoms with Crippen molar-refractivity contribution in [3.63, 3.8) is 0 Å². The zero-order valence-corrected chi connectivity index (χ0v) is 15.4. The van der Waals surface area contributed by atoms with Crippen molar-refractivity contribution in [1.82, 2.24) is 9.62 Å². The van der Waals surface area contributed by atoms with Crippen LogP contribution in [-0.4, -0.2) is 55.9 Å². The highest BCUT2D eigenvalue weighted by molar-refractivity contribution is 7.90. The van der Waals surface area contributed by atoms with Gasteiger partial charge in [0.2, 0.25) is 10.0 Å². The molecule has 2 heterocycles. The zero-order chi connectivity index (χ0) is 16.5. The van der Waals surface area contributed by atoms with Crippen LogP contribution in [0.15, 0.2) is 0 Å². The molecule has 0 amide bonds. The fourth-order valence-electron chi connectivity index (χ4n) is 4.52. The zero-order valence-electron chi connectivity index (χ0n) is 14.6. The van der Waals surface area contributed by atoms with Gasteiger partial charge in [-0.1, -0.05) is 19.3 Å². The number of ether oxygens (including phenoxy) is 1. The average molecular weight is 345 g/mol. The first kappa shape index (κ1) is 17.6. The summed E-state index contributed by atoms with van der Waals surface area (Å²) < 4.78 is 33.8. The lowest BCUT2D eigenvalue weighted by Gasteiger charge is -2.34.